The van der Waals surface area contributed by atoms with Crippen LogP contribution in [0.3, 0.4) is 0 Å². The zero-order valence-electron chi connectivity index (χ0n) is 14.4. The molecule has 1 saturated carbocycles. The van der Waals surface area contributed by atoms with Gasteiger partial charge in [0.2, 0.25) is 0 Å². The Hall–Kier alpha value is -3.08. The van der Waals surface area contributed by atoms with E-state index in [1.165, 1.54) is 0 Å². The number of phenolic OH excluding ortho intramolecular Hbond substituents is 1. The van der Waals surface area contributed by atoms with Crippen LogP contribution in [0.1, 0.15) is 23.2 Å². The summed E-state index contributed by atoms with van der Waals surface area (Å²) in [6, 6.07) is 16.5. The molecule has 1 fully saturated rings. The van der Waals surface area contributed by atoms with Crippen LogP contribution in [-0.4, -0.2) is 27.3 Å². The van der Waals surface area contributed by atoms with E-state index in [0.717, 1.165) is 30.5 Å². The Bertz CT molecular complexity index is 897. The highest BCUT2D eigenvalue weighted by molar-refractivity contribution is 5.95. The van der Waals surface area contributed by atoms with Crippen molar-refractivity contribution in [3.8, 4) is 16.9 Å². The number of carbonyl (C=O) groups excluding carboxylic acids is 1. The Morgan fingerprint density at radius 2 is 1.92 bits per heavy atom. The van der Waals surface area contributed by atoms with Gasteiger partial charge in [-0.15, -0.1) is 0 Å². The molecule has 1 heterocycles. The molecular formula is C21H21N3O2. The van der Waals surface area contributed by atoms with E-state index in [1.54, 1.807) is 18.3 Å². The van der Waals surface area contributed by atoms with Gasteiger partial charge < -0.3 is 10.4 Å². The van der Waals surface area contributed by atoms with Gasteiger partial charge in [-0.1, -0.05) is 24.3 Å². The van der Waals surface area contributed by atoms with Gasteiger partial charge in [-0.3, -0.25) is 9.48 Å². The molecule has 1 aromatic heterocycles. The number of benzene rings is 2. The van der Waals surface area contributed by atoms with Crippen LogP contribution in [0.5, 0.6) is 5.75 Å². The highest BCUT2D eigenvalue weighted by Crippen LogP contribution is 2.46. The predicted octanol–water partition coefficient (Wildman–Crippen LogP) is 3.47. The number of nitrogens with zero attached hydrogens (tertiary/aromatic N) is 2. The molecule has 0 bridgehead atoms. The van der Waals surface area contributed by atoms with E-state index in [-0.39, 0.29) is 17.1 Å². The van der Waals surface area contributed by atoms with Crippen LogP contribution >= 0.6 is 0 Å². The van der Waals surface area contributed by atoms with Crippen molar-refractivity contribution in [3.63, 3.8) is 0 Å². The first-order chi connectivity index (χ1) is 12.6. The number of phenols is 1. The molecular weight excluding hydrogens is 326 g/mol. The summed E-state index contributed by atoms with van der Waals surface area (Å²) in [7, 11) is 0. The summed E-state index contributed by atoms with van der Waals surface area (Å²) >= 11 is 0. The van der Waals surface area contributed by atoms with Crippen molar-refractivity contribution in [2.24, 2.45) is 5.41 Å². The van der Waals surface area contributed by atoms with Crippen molar-refractivity contribution in [2.45, 2.75) is 19.4 Å². The van der Waals surface area contributed by atoms with E-state index in [4.69, 9.17) is 0 Å². The summed E-state index contributed by atoms with van der Waals surface area (Å²) in [5.41, 5.74) is 2.70. The third-order valence-electron chi connectivity index (χ3n) is 4.96. The Morgan fingerprint density at radius 1 is 1.12 bits per heavy atom. The molecule has 3 aromatic rings. The van der Waals surface area contributed by atoms with E-state index in [2.05, 4.69) is 10.4 Å². The zero-order chi connectivity index (χ0) is 18.0. The standard InChI is InChI=1S/C21H21N3O2/c25-19-7-5-16(6-8-19)17-3-1-4-18(13-17)20(26)22-14-21(9-10-21)15-24-12-2-11-23-24/h1-8,11-13,25H,9-10,14-15H2,(H,22,26). The summed E-state index contributed by atoms with van der Waals surface area (Å²) in [4.78, 5) is 12.6. The minimum absolute atomic E-state index is 0.0580. The summed E-state index contributed by atoms with van der Waals surface area (Å²) in [6.45, 7) is 1.50. The predicted molar refractivity (Wildman–Crippen MR) is 99.8 cm³/mol. The lowest BCUT2D eigenvalue weighted by Crippen LogP contribution is -2.32. The van der Waals surface area contributed by atoms with Gasteiger partial charge in [-0.2, -0.15) is 5.10 Å². The Morgan fingerprint density at radius 3 is 2.62 bits per heavy atom. The van der Waals surface area contributed by atoms with Crippen molar-refractivity contribution in [1.82, 2.24) is 15.1 Å². The molecule has 0 unspecified atom stereocenters. The van der Waals surface area contributed by atoms with E-state index in [9.17, 15) is 9.90 Å². The Kier molecular flexibility index (Phi) is 4.21. The largest absolute Gasteiger partial charge is 0.508 e. The maximum Gasteiger partial charge on any atom is 0.251 e. The quantitative estimate of drug-likeness (QED) is 0.717. The molecule has 1 amide bonds. The molecule has 0 spiro atoms. The number of aromatic hydroxyl groups is 1. The zero-order valence-corrected chi connectivity index (χ0v) is 14.4. The maximum atomic E-state index is 12.6. The summed E-state index contributed by atoms with van der Waals surface area (Å²) in [5, 5.41) is 16.8. The smallest absolute Gasteiger partial charge is 0.251 e. The highest BCUT2D eigenvalue weighted by atomic mass is 16.3. The van der Waals surface area contributed by atoms with Crippen LogP contribution in [0.25, 0.3) is 11.1 Å². The van der Waals surface area contributed by atoms with E-state index < -0.39 is 0 Å². The second-order valence-corrected chi connectivity index (χ2v) is 7.01. The lowest BCUT2D eigenvalue weighted by molar-refractivity contribution is 0.0942. The van der Waals surface area contributed by atoms with Crippen molar-refractivity contribution >= 4 is 5.91 Å². The third kappa shape index (κ3) is 3.61. The number of amides is 1. The van der Waals surface area contributed by atoms with Crippen LogP contribution in [0.4, 0.5) is 0 Å². The summed E-state index contributed by atoms with van der Waals surface area (Å²) in [6.07, 6.45) is 5.97. The number of rotatable bonds is 6. The van der Waals surface area contributed by atoms with Crippen LogP contribution < -0.4 is 5.32 Å². The highest BCUT2D eigenvalue weighted by Gasteiger charge is 2.43. The van der Waals surface area contributed by atoms with Crippen molar-refractivity contribution in [3.05, 3.63) is 72.6 Å². The van der Waals surface area contributed by atoms with Gasteiger partial charge >= 0.3 is 0 Å². The lowest BCUT2D eigenvalue weighted by Gasteiger charge is -2.16. The molecule has 0 aliphatic heterocycles. The molecule has 1 aliphatic rings. The molecule has 0 atom stereocenters. The molecule has 2 aromatic carbocycles. The van der Waals surface area contributed by atoms with Crippen molar-refractivity contribution in [1.29, 1.82) is 0 Å². The van der Waals surface area contributed by atoms with E-state index >= 15 is 0 Å². The minimum Gasteiger partial charge on any atom is -0.508 e. The first kappa shape index (κ1) is 16.4. The Labute approximate surface area is 152 Å². The molecule has 132 valence electrons. The normalized spacial score (nSPS) is 14.8. The van der Waals surface area contributed by atoms with Crippen LogP contribution in [0.2, 0.25) is 0 Å². The molecule has 0 radical (unpaired) electrons. The molecule has 4 rings (SSSR count). The fourth-order valence-corrected chi connectivity index (χ4v) is 3.17. The number of aromatic nitrogens is 2. The van der Waals surface area contributed by atoms with Crippen LogP contribution in [0, 0.1) is 5.41 Å². The van der Waals surface area contributed by atoms with Crippen LogP contribution in [-0.2, 0) is 6.54 Å². The number of hydrogen-bond acceptors (Lipinski definition) is 3. The number of nitrogens with one attached hydrogen (secondary N) is 1. The Balaban J connectivity index is 1.42. The monoisotopic (exact) mass is 347 g/mol. The number of carbonyl (C=O) groups is 1. The molecule has 2 N–H and O–H groups in total. The lowest BCUT2D eigenvalue weighted by atomic mass is 10.0. The summed E-state index contributed by atoms with van der Waals surface area (Å²) in [5.74, 6) is 0.173. The second-order valence-electron chi connectivity index (χ2n) is 7.01. The van der Waals surface area contributed by atoms with Gasteiger partial charge in [-0.05, 0) is 54.3 Å². The van der Waals surface area contributed by atoms with Gasteiger partial charge in [0, 0.05) is 36.5 Å². The fourth-order valence-electron chi connectivity index (χ4n) is 3.17. The summed E-state index contributed by atoms with van der Waals surface area (Å²) < 4.78 is 1.94. The molecule has 1 aliphatic carbocycles. The first-order valence-corrected chi connectivity index (χ1v) is 8.79. The van der Waals surface area contributed by atoms with Gasteiger partial charge in [0.25, 0.3) is 5.91 Å². The topological polar surface area (TPSA) is 67.2 Å². The van der Waals surface area contributed by atoms with Crippen LogP contribution in [0.15, 0.2) is 67.0 Å². The fraction of sp³-hybridized carbons (Fsp3) is 0.238. The van der Waals surface area contributed by atoms with E-state index in [0.29, 0.717) is 12.1 Å². The molecule has 5 heteroatoms. The average molecular weight is 347 g/mol. The first-order valence-electron chi connectivity index (χ1n) is 8.79. The molecule has 26 heavy (non-hydrogen) atoms. The minimum atomic E-state index is -0.0580. The van der Waals surface area contributed by atoms with Crippen molar-refractivity contribution in [2.75, 3.05) is 6.54 Å². The molecule has 5 nitrogen and oxygen atoms in total. The van der Waals surface area contributed by atoms with E-state index in [1.807, 2.05) is 53.3 Å². The molecule has 0 saturated heterocycles. The average Bonchev–Trinajstić information content (AvgIpc) is 3.23. The van der Waals surface area contributed by atoms with Gasteiger partial charge in [0.15, 0.2) is 0 Å². The van der Waals surface area contributed by atoms with Gasteiger partial charge in [0.1, 0.15) is 5.75 Å². The van der Waals surface area contributed by atoms with Gasteiger partial charge in [-0.25, -0.2) is 0 Å². The third-order valence-corrected chi connectivity index (χ3v) is 4.96. The van der Waals surface area contributed by atoms with Gasteiger partial charge in [0.05, 0.1) is 0 Å². The number of hydrogen-bond donors (Lipinski definition) is 2. The second kappa shape index (κ2) is 6.67. The van der Waals surface area contributed by atoms with Crippen molar-refractivity contribution < 1.29 is 9.90 Å². The SMILES string of the molecule is O=C(NCC1(Cn2cccn2)CC1)c1cccc(-c2ccc(O)cc2)c1. The maximum absolute atomic E-state index is 12.6.